The monoisotopic (exact) mass is 321 g/mol. The van der Waals surface area contributed by atoms with Crippen molar-refractivity contribution in [2.75, 3.05) is 5.88 Å². The molecule has 1 atom stereocenters. The standard InChI is InChI=1S/C12H14BrClFNO/c1-2-9(5-6-14)16-12(17)10-4-3-8(15)7-11(10)13/h3-4,7,9H,2,5-6H2,1H3,(H,16,17). The van der Waals surface area contributed by atoms with Crippen LogP contribution in [-0.2, 0) is 0 Å². The summed E-state index contributed by atoms with van der Waals surface area (Å²) in [5.41, 5.74) is 0.430. The van der Waals surface area contributed by atoms with Gasteiger partial charge in [0.2, 0.25) is 0 Å². The molecule has 0 bridgehead atoms. The van der Waals surface area contributed by atoms with Gasteiger partial charge in [-0.15, -0.1) is 11.6 Å². The molecule has 1 aromatic rings. The van der Waals surface area contributed by atoms with Crippen molar-refractivity contribution in [3.63, 3.8) is 0 Å². The van der Waals surface area contributed by atoms with Crippen molar-refractivity contribution < 1.29 is 9.18 Å². The smallest absolute Gasteiger partial charge is 0.252 e. The van der Waals surface area contributed by atoms with Gasteiger partial charge in [0, 0.05) is 16.4 Å². The van der Waals surface area contributed by atoms with E-state index in [-0.39, 0.29) is 17.8 Å². The molecule has 0 saturated heterocycles. The fraction of sp³-hybridized carbons (Fsp3) is 0.417. The Hall–Kier alpha value is -0.610. The van der Waals surface area contributed by atoms with Gasteiger partial charge in [-0.2, -0.15) is 0 Å². The van der Waals surface area contributed by atoms with Crippen molar-refractivity contribution in [3.8, 4) is 0 Å². The summed E-state index contributed by atoms with van der Waals surface area (Å²) in [6.45, 7) is 1.98. The number of carbonyl (C=O) groups excluding carboxylic acids is 1. The SMILES string of the molecule is CCC(CCCl)NC(=O)c1ccc(F)cc1Br. The molecule has 5 heteroatoms. The maximum atomic E-state index is 12.9. The molecule has 1 rings (SSSR count). The van der Waals surface area contributed by atoms with Crippen molar-refractivity contribution in [2.45, 2.75) is 25.8 Å². The van der Waals surface area contributed by atoms with Gasteiger partial charge < -0.3 is 5.32 Å². The Morgan fingerprint density at radius 3 is 2.82 bits per heavy atom. The molecule has 0 radical (unpaired) electrons. The number of benzene rings is 1. The molecule has 0 heterocycles. The highest BCUT2D eigenvalue weighted by atomic mass is 79.9. The average Bonchev–Trinajstić information content (AvgIpc) is 2.28. The Labute approximate surface area is 114 Å². The summed E-state index contributed by atoms with van der Waals surface area (Å²) >= 11 is 8.82. The summed E-state index contributed by atoms with van der Waals surface area (Å²) in [7, 11) is 0. The van der Waals surface area contributed by atoms with Gasteiger partial charge in [0.15, 0.2) is 0 Å². The van der Waals surface area contributed by atoms with Gasteiger partial charge in [-0.05, 0) is 47.0 Å². The summed E-state index contributed by atoms with van der Waals surface area (Å²) in [4.78, 5) is 11.9. The van der Waals surface area contributed by atoms with Crippen LogP contribution in [0.5, 0.6) is 0 Å². The van der Waals surface area contributed by atoms with E-state index in [0.717, 1.165) is 12.8 Å². The minimum atomic E-state index is -0.374. The van der Waals surface area contributed by atoms with E-state index in [1.165, 1.54) is 18.2 Å². The average molecular weight is 323 g/mol. The lowest BCUT2D eigenvalue weighted by Gasteiger charge is -2.16. The Bertz CT molecular complexity index is 400. The Morgan fingerprint density at radius 1 is 1.59 bits per heavy atom. The Morgan fingerprint density at radius 2 is 2.29 bits per heavy atom. The van der Waals surface area contributed by atoms with E-state index in [9.17, 15) is 9.18 Å². The molecule has 1 aromatic carbocycles. The van der Waals surface area contributed by atoms with Crippen LogP contribution < -0.4 is 5.32 Å². The molecular weight excluding hydrogens is 308 g/mol. The van der Waals surface area contributed by atoms with Crippen molar-refractivity contribution in [2.24, 2.45) is 0 Å². The highest BCUT2D eigenvalue weighted by Crippen LogP contribution is 2.18. The molecule has 2 nitrogen and oxygen atoms in total. The predicted octanol–water partition coefficient (Wildman–Crippen LogP) is 3.73. The lowest BCUT2D eigenvalue weighted by Crippen LogP contribution is -2.34. The molecule has 0 aliphatic heterocycles. The van der Waals surface area contributed by atoms with Crippen LogP contribution in [0, 0.1) is 5.82 Å². The quantitative estimate of drug-likeness (QED) is 0.822. The Balaban J connectivity index is 2.75. The fourth-order valence-corrected chi connectivity index (χ4v) is 2.24. The molecule has 0 aromatic heterocycles. The van der Waals surface area contributed by atoms with Crippen LogP contribution in [-0.4, -0.2) is 17.8 Å². The van der Waals surface area contributed by atoms with Crippen LogP contribution in [0.2, 0.25) is 0 Å². The number of carbonyl (C=O) groups is 1. The third-order valence-electron chi connectivity index (χ3n) is 2.46. The van der Waals surface area contributed by atoms with Gasteiger partial charge in [-0.1, -0.05) is 6.92 Å². The molecular formula is C12H14BrClFNO. The number of hydrogen-bond donors (Lipinski definition) is 1. The summed E-state index contributed by atoms with van der Waals surface area (Å²) in [6, 6.07) is 4.05. The zero-order valence-electron chi connectivity index (χ0n) is 9.47. The van der Waals surface area contributed by atoms with E-state index < -0.39 is 0 Å². The molecule has 0 aliphatic carbocycles. The zero-order valence-corrected chi connectivity index (χ0v) is 11.8. The first-order valence-electron chi connectivity index (χ1n) is 5.40. The molecule has 17 heavy (non-hydrogen) atoms. The van der Waals surface area contributed by atoms with Crippen LogP contribution in [0.3, 0.4) is 0 Å². The molecule has 0 fully saturated rings. The molecule has 1 N–H and O–H groups in total. The summed E-state index contributed by atoms with van der Waals surface area (Å²) in [5, 5.41) is 2.87. The van der Waals surface area contributed by atoms with Crippen molar-refractivity contribution >= 4 is 33.4 Å². The summed E-state index contributed by atoms with van der Waals surface area (Å²) < 4.78 is 13.3. The van der Waals surface area contributed by atoms with Crippen LogP contribution in [0.4, 0.5) is 4.39 Å². The second kappa shape index (κ2) is 6.97. The molecule has 0 aliphatic rings. The van der Waals surface area contributed by atoms with Gasteiger partial charge in [0.1, 0.15) is 5.82 Å². The van der Waals surface area contributed by atoms with Crippen LogP contribution in [0.25, 0.3) is 0 Å². The molecule has 94 valence electrons. The number of nitrogens with one attached hydrogen (secondary N) is 1. The van der Waals surface area contributed by atoms with Crippen LogP contribution in [0.1, 0.15) is 30.1 Å². The molecule has 1 unspecified atom stereocenters. The summed E-state index contributed by atoms with van der Waals surface area (Å²) in [6.07, 6.45) is 1.54. The van der Waals surface area contributed by atoms with Crippen LogP contribution >= 0.6 is 27.5 Å². The topological polar surface area (TPSA) is 29.1 Å². The number of halogens is 3. The molecule has 1 amide bonds. The van der Waals surface area contributed by atoms with E-state index in [0.29, 0.717) is 15.9 Å². The van der Waals surface area contributed by atoms with Crippen molar-refractivity contribution in [1.82, 2.24) is 5.32 Å². The van der Waals surface area contributed by atoms with Gasteiger partial charge in [-0.25, -0.2) is 4.39 Å². The Kier molecular flexibility index (Phi) is 5.92. The van der Waals surface area contributed by atoms with Crippen molar-refractivity contribution in [1.29, 1.82) is 0 Å². The van der Waals surface area contributed by atoms with Crippen molar-refractivity contribution in [3.05, 3.63) is 34.1 Å². The zero-order chi connectivity index (χ0) is 12.8. The first-order chi connectivity index (χ1) is 8.08. The summed E-state index contributed by atoms with van der Waals surface area (Å²) in [5.74, 6) is -0.0846. The number of hydrogen-bond acceptors (Lipinski definition) is 1. The minimum Gasteiger partial charge on any atom is -0.349 e. The highest BCUT2D eigenvalue weighted by molar-refractivity contribution is 9.10. The highest BCUT2D eigenvalue weighted by Gasteiger charge is 2.14. The first-order valence-corrected chi connectivity index (χ1v) is 6.73. The number of rotatable bonds is 5. The van der Waals surface area contributed by atoms with Gasteiger partial charge >= 0.3 is 0 Å². The predicted molar refractivity (Wildman–Crippen MR) is 71.0 cm³/mol. The van der Waals surface area contributed by atoms with Gasteiger partial charge in [0.25, 0.3) is 5.91 Å². The van der Waals surface area contributed by atoms with E-state index in [1.54, 1.807) is 0 Å². The molecule has 0 spiro atoms. The lowest BCUT2D eigenvalue weighted by molar-refractivity contribution is 0.0934. The third-order valence-corrected chi connectivity index (χ3v) is 3.34. The minimum absolute atomic E-state index is 0.0527. The second-order valence-corrected chi connectivity index (χ2v) is 4.91. The fourth-order valence-electron chi connectivity index (χ4n) is 1.45. The third kappa shape index (κ3) is 4.28. The second-order valence-electron chi connectivity index (χ2n) is 3.68. The maximum Gasteiger partial charge on any atom is 0.252 e. The number of alkyl halides is 1. The maximum absolute atomic E-state index is 12.9. The molecule has 0 saturated carbocycles. The van der Waals surface area contributed by atoms with E-state index in [4.69, 9.17) is 11.6 Å². The number of amides is 1. The lowest BCUT2D eigenvalue weighted by atomic mass is 10.1. The van der Waals surface area contributed by atoms with E-state index in [1.807, 2.05) is 6.92 Å². The first kappa shape index (κ1) is 14.5. The van der Waals surface area contributed by atoms with Gasteiger partial charge in [-0.3, -0.25) is 4.79 Å². The normalized spacial score (nSPS) is 12.2. The largest absolute Gasteiger partial charge is 0.349 e. The van der Waals surface area contributed by atoms with Crippen LogP contribution in [0.15, 0.2) is 22.7 Å². The van der Waals surface area contributed by atoms with Gasteiger partial charge in [0.05, 0.1) is 5.56 Å². The van der Waals surface area contributed by atoms with E-state index in [2.05, 4.69) is 21.2 Å². The van der Waals surface area contributed by atoms with E-state index >= 15 is 0 Å².